The predicted molar refractivity (Wildman–Crippen MR) is 63.8 cm³/mol. The quantitative estimate of drug-likeness (QED) is 0.781. The Kier molecular flexibility index (Phi) is 2.76. The van der Waals surface area contributed by atoms with E-state index >= 15 is 0 Å². The number of aromatic nitrogens is 4. The van der Waals surface area contributed by atoms with E-state index in [1.165, 1.54) is 0 Å². The summed E-state index contributed by atoms with van der Waals surface area (Å²) in [5.74, 6) is 0.0331. The summed E-state index contributed by atoms with van der Waals surface area (Å²) in [6.07, 6.45) is 7.67. The monoisotopic (exact) mass is 243 g/mol. The molecule has 18 heavy (non-hydrogen) atoms. The van der Waals surface area contributed by atoms with E-state index in [1.807, 2.05) is 15.8 Å². The Balaban J connectivity index is 1.71. The van der Waals surface area contributed by atoms with Gasteiger partial charge in [0.15, 0.2) is 0 Å². The van der Waals surface area contributed by atoms with Gasteiger partial charge in [0.05, 0.1) is 17.8 Å². The summed E-state index contributed by atoms with van der Waals surface area (Å²) in [6, 6.07) is 3.80. The maximum absolute atomic E-state index is 12.2. The fraction of sp³-hybridized carbons (Fsp3) is 0.333. The van der Waals surface area contributed by atoms with Crippen molar-refractivity contribution in [2.24, 2.45) is 0 Å². The van der Waals surface area contributed by atoms with Crippen LogP contribution in [0.5, 0.6) is 0 Å². The molecule has 3 rings (SSSR count). The fourth-order valence-electron chi connectivity index (χ4n) is 2.23. The minimum Gasteiger partial charge on any atom is -0.336 e. The molecule has 0 spiro atoms. The van der Waals surface area contributed by atoms with Crippen molar-refractivity contribution in [1.82, 2.24) is 24.9 Å². The van der Waals surface area contributed by atoms with E-state index in [-0.39, 0.29) is 11.9 Å². The SMILES string of the molecule is O=C(c1cccnc1)N1CCC(n2ccnn2)C1. The number of pyridine rings is 1. The number of hydrogen-bond donors (Lipinski definition) is 0. The Morgan fingerprint density at radius 3 is 3.06 bits per heavy atom. The molecule has 2 aromatic heterocycles. The van der Waals surface area contributed by atoms with Crippen LogP contribution >= 0.6 is 0 Å². The first-order valence-corrected chi connectivity index (χ1v) is 5.90. The largest absolute Gasteiger partial charge is 0.336 e. The summed E-state index contributed by atoms with van der Waals surface area (Å²) in [5, 5.41) is 7.78. The molecule has 0 radical (unpaired) electrons. The molecule has 0 saturated carbocycles. The van der Waals surface area contributed by atoms with Crippen molar-refractivity contribution >= 4 is 5.91 Å². The molecule has 92 valence electrons. The van der Waals surface area contributed by atoms with Crippen LogP contribution in [0, 0.1) is 0 Å². The lowest BCUT2D eigenvalue weighted by Gasteiger charge is -2.16. The Morgan fingerprint density at radius 2 is 2.33 bits per heavy atom. The second kappa shape index (κ2) is 4.56. The zero-order chi connectivity index (χ0) is 12.4. The maximum atomic E-state index is 12.2. The number of carbonyl (C=O) groups is 1. The van der Waals surface area contributed by atoms with Crippen molar-refractivity contribution in [3.05, 3.63) is 42.5 Å². The molecule has 2 aromatic rings. The third-order valence-electron chi connectivity index (χ3n) is 3.17. The van der Waals surface area contributed by atoms with Crippen LogP contribution < -0.4 is 0 Å². The van der Waals surface area contributed by atoms with E-state index < -0.39 is 0 Å². The van der Waals surface area contributed by atoms with Gasteiger partial charge in [0.25, 0.3) is 5.91 Å². The van der Waals surface area contributed by atoms with E-state index in [2.05, 4.69) is 15.3 Å². The summed E-state index contributed by atoms with van der Waals surface area (Å²) >= 11 is 0. The van der Waals surface area contributed by atoms with Gasteiger partial charge < -0.3 is 4.90 Å². The lowest BCUT2D eigenvalue weighted by atomic mass is 10.2. The predicted octanol–water partition coefficient (Wildman–Crippen LogP) is 0.760. The van der Waals surface area contributed by atoms with Crippen molar-refractivity contribution in [2.45, 2.75) is 12.5 Å². The van der Waals surface area contributed by atoms with Gasteiger partial charge >= 0.3 is 0 Å². The fourth-order valence-corrected chi connectivity index (χ4v) is 2.23. The highest BCUT2D eigenvalue weighted by Gasteiger charge is 2.28. The van der Waals surface area contributed by atoms with Gasteiger partial charge in [0, 0.05) is 31.7 Å². The first kappa shape index (κ1) is 10.9. The van der Waals surface area contributed by atoms with Crippen LogP contribution in [0.1, 0.15) is 22.8 Å². The molecule has 1 unspecified atom stereocenters. The zero-order valence-electron chi connectivity index (χ0n) is 9.81. The van der Waals surface area contributed by atoms with E-state index in [9.17, 15) is 4.79 Å². The summed E-state index contributed by atoms with van der Waals surface area (Å²) < 4.78 is 1.82. The summed E-state index contributed by atoms with van der Waals surface area (Å²) in [4.78, 5) is 18.0. The highest BCUT2D eigenvalue weighted by Crippen LogP contribution is 2.21. The van der Waals surface area contributed by atoms with Gasteiger partial charge in [-0.15, -0.1) is 5.10 Å². The van der Waals surface area contributed by atoms with Gasteiger partial charge in [0.1, 0.15) is 0 Å². The molecule has 1 atom stereocenters. The zero-order valence-corrected chi connectivity index (χ0v) is 9.81. The molecule has 1 saturated heterocycles. The molecule has 1 fully saturated rings. The van der Waals surface area contributed by atoms with Crippen LogP contribution in [0.3, 0.4) is 0 Å². The van der Waals surface area contributed by atoms with Crippen molar-refractivity contribution in [2.75, 3.05) is 13.1 Å². The molecule has 1 aliphatic heterocycles. The third kappa shape index (κ3) is 1.97. The molecule has 0 bridgehead atoms. The van der Waals surface area contributed by atoms with Crippen LogP contribution in [-0.2, 0) is 0 Å². The average molecular weight is 243 g/mol. The Morgan fingerprint density at radius 1 is 1.39 bits per heavy atom. The van der Waals surface area contributed by atoms with Crippen LogP contribution in [0.15, 0.2) is 36.9 Å². The Hall–Kier alpha value is -2.24. The molecule has 3 heterocycles. The topological polar surface area (TPSA) is 63.9 Å². The normalized spacial score (nSPS) is 19.1. The number of rotatable bonds is 2. The molecule has 0 aromatic carbocycles. The van der Waals surface area contributed by atoms with Crippen molar-refractivity contribution in [3.63, 3.8) is 0 Å². The van der Waals surface area contributed by atoms with Gasteiger partial charge in [-0.25, -0.2) is 4.68 Å². The first-order valence-electron chi connectivity index (χ1n) is 5.90. The maximum Gasteiger partial charge on any atom is 0.255 e. The molecular formula is C12H13N5O. The van der Waals surface area contributed by atoms with Gasteiger partial charge in [-0.3, -0.25) is 9.78 Å². The van der Waals surface area contributed by atoms with Gasteiger partial charge in [-0.05, 0) is 18.6 Å². The first-order chi connectivity index (χ1) is 8.84. The lowest BCUT2D eigenvalue weighted by Crippen LogP contribution is -2.29. The van der Waals surface area contributed by atoms with Crippen LogP contribution in [0.4, 0.5) is 0 Å². The number of carbonyl (C=O) groups excluding carboxylic acids is 1. The minimum absolute atomic E-state index is 0.0331. The Bertz CT molecular complexity index is 525. The minimum atomic E-state index is 0.0331. The number of hydrogen-bond acceptors (Lipinski definition) is 4. The molecule has 6 heteroatoms. The van der Waals surface area contributed by atoms with E-state index in [0.29, 0.717) is 12.1 Å². The number of likely N-dealkylation sites (tertiary alicyclic amines) is 1. The molecule has 6 nitrogen and oxygen atoms in total. The van der Waals surface area contributed by atoms with Crippen LogP contribution in [0.25, 0.3) is 0 Å². The van der Waals surface area contributed by atoms with Crippen molar-refractivity contribution in [3.8, 4) is 0 Å². The number of nitrogens with zero attached hydrogens (tertiary/aromatic N) is 5. The van der Waals surface area contributed by atoms with E-state index in [1.54, 1.807) is 30.7 Å². The second-order valence-electron chi connectivity index (χ2n) is 4.32. The highest BCUT2D eigenvalue weighted by molar-refractivity contribution is 5.94. The third-order valence-corrected chi connectivity index (χ3v) is 3.17. The smallest absolute Gasteiger partial charge is 0.255 e. The molecule has 0 aliphatic carbocycles. The number of amides is 1. The van der Waals surface area contributed by atoms with Crippen molar-refractivity contribution < 1.29 is 4.79 Å². The second-order valence-corrected chi connectivity index (χ2v) is 4.32. The molecular weight excluding hydrogens is 230 g/mol. The standard InChI is InChI=1S/C12H13N5O/c18-12(10-2-1-4-13-8-10)16-6-3-11(9-16)17-7-5-14-15-17/h1-2,4-5,7-8,11H,3,6,9H2. The van der Waals surface area contributed by atoms with Crippen molar-refractivity contribution in [1.29, 1.82) is 0 Å². The molecule has 1 aliphatic rings. The summed E-state index contributed by atoms with van der Waals surface area (Å²) in [6.45, 7) is 1.43. The van der Waals surface area contributed by atoms with E-state index in [4.69, 9.17) is 0 Å². The van der Waals surface area contributed by atoms with Gasteiger partial charge in [-0.1, -0.05) is 5.21 Å². The van der Waals surface area contributed by atoms with Gasteiger partial charge in [0.2, 0.25) is 0 Å². The summed E-state index contributed by atoms with van der Waals surface area (Å²) in [7, 11) is 0. The molecule has 1 amide bonds. The average Bonchev–Trinajstić information content (AvgIpc) is 3.09. The highest BCUT2D eigenvalue weighted by atomic mass is 16.2. The molecule has 0 N–H and O–H groups in total. The Labute approximate surface area is 104 Å². The lowest BCUT2D eigenvalue weighted by molar-refractivity contribution is 0.0786. The van der Waals surface area contributed by atoms with Crippen LogP contribution in [0.2, 0.25) is 0 Å². The summed E-state index contributed by atoms with van der Waals surface area (Å²) in [5.41, 5.74) is 0.636. The van der Waals surface area contributed by atoms with Gasteiger partial charge in [-0.2, -0.15) is 0 Å². The van der Waals surface area contributed by atoms with Crippen LogP contribution in [-0.4, -0.2) is 43.9 Å². The van der Waals surface area contributed by atoms with E-state index in [0.717, 1.165) is 13.0 Å².